The molecule has 0 unspecified atom stereocenters. The quantitative estimate of drug-likeness (QED) is 0.857. The van der Waals surface area contributed by atoms with Gasteiger partial charge >= 0.3 is 0 Å². The molecule has 0 saturated carbocycles. The molecule has 0 spiro atoms. The number of aromatic nitrogens is 1. The molecule has 6 heteroatoms. The number of ether oxygens (including phenoxy) is 1. The Hall–Kier alpha value is -2.76. The zero-order chi connectivity index (χ0) is 19.9. The molecule has 2 heterocycles. The van der Waals surface area contributed by atoms with Gasteiger partial charge in [0.2, 0.25) is 0 Å². The largest absolute Gasteiger partial charge is 0.484 e. The first-order valence-electron chi connectivity index (χ1n) is 10.0. The van der Waals surface area contributed by atoms with Gasteiger partial charge in [0.25, 0.3) is 11.8 Å². The van der Waals surface area contributed by atoms with Crippen LogP contribution in [0.1, 0.15) is 53.8 Å². The van der Waals surface area contributed by atoms with Gasteiger partial charge in [0, 0.05) is 30.0 Å². The summed E-state index contributed by atoms with van der Waals surface area (Å²) in [6, 6.07) is 10.8. The second kappa shape index (κ2) is 9.44. The van der Waals surface area contributed by atoms with Crippen molar-refractivity contribution < 1.29 is 14.3 Å². The van der Waals surface area contributed by atoms with Gasteiger partial charge in [-0.2, -0.15) is 0 Å². The molecule has 1 saturated heterocycles. The van der Waals surface area contributed by atoms with Crippen LogP contribution in [0.25, 0.3) is 0 Å². The predicted octanol–water partition coefficient (Wildman–Crippen LogP) is 3.66. The lowest BCUT2D eigenvalue weighted by Crippen LogP contribution is -2.37. The Morgan fingerprint density at radius 3 is 2.07 bits per heavy atom. The molecular formula is C22H29N3O3. The van der Waals surface area contributed by atoms with Gasteiger partial charge in [0.1, 0.15) is 5.75 Å². The average molecular weight is 383 g/mol. The van der Waals surface area contributed by atoms with Crippen LogP contribution >= 0.6 is 0 Å². The fourth-order valence-electron chi connectivity index (χ4n) is 3.45. The van der Waals surface area contributed by atoms with Crippen LogP contribution in [0.2, 0.25) is 0 Å². The molecule has 0 radical (unpaired) electrons. The number of hydrogen-bond acceptors (Lipinski definition) is 3. The van der Waals surface area contributed by atoms with E-state index in [1.54, 1.807) is 28.9 Å². The van der Waals surface area contributed by atoms with Crippen molar-refractivity contribution in [3.05, 3.63) is 53.3 Å². The number of benzene rings is 1. The number of rotatable bonds is 5. The highest BCUT2D eigenvalue weighted by atomic mass is 16.5. The summed E-state index contributed by atoms with van der Waals surface area (Å²) in [6.45, 7) is 5.55. The molecule has 1 aromatic heterocycles. The summed E-state index contributed by atoms with van der Waals surface area (Å²) in [7, 11) is 0. The van der Waals surface area contributed by atoms with E-state index in [1.807, 2.05) is 30.9 Å². The van der Waals surface area contributed by atoms with E-state index in [0.29, 0.717) is 11.3 Å². The Morgan fingerprint density at radius 2 is 1.46 bits per heavy atom. The summed E-state index contributed by atoms with van der Waals surface area (Å²) in [5.74, 6) is 0.429. The van der Waals surface area contributed by atoms with Gasteiger partial charge in [-0.15, -0.1) is 0 Å². The maximum absolute atomic E-state index is 12.4. The van der Waals surface area contributed by atoms with Gasteiger partial charge < -0.3 is 9.64 Å². The van der Waals surface area contributed by atoms with Gasteiger partial charge in [-0.25, -0.2) is 0 Å². The molecule has 2 amide bonds. The van der Waals surface area contributed by atoms with E-state index in [2.05, 4.69) is 5.43 Å². The molecule has 0 bridgehead atoms. The molecule has 150 valence electrons. The predicted molar refractivity (Wildman–Crippen MR) is 109 cm³/mol. The molecule has 1 N–H and O–H groups in total. The van der Waals surface area contributed by atoms with Crippen molar-refractivity contribution in [3.8, 4) is 5.75 Å². The van der Waals surface area contributed by atoms with E-state index in [0.717, 1.165) is 37.3 Å². The van der Waals surface area contributed by atoms with Crippen LogP contribution in [0.5, 0.6) is 5.75 Å². The summed E-state index contributed by atoms with van der Waals surface area (Å²) < 4.78 is 7.40. The van der Waals surface area contributed by atoms with Crippen molar-refractivity contribution in [2.45, 2.75) is 46.0 Å². The monoisotopic (exact) mass is 383 g/mol. The lowest BCUT2D eigenvalue weighted by molar-refractivity contribution is -0.133. The molecule has 1 fully saturated rings. The van der Waals surface area contributed by atoms with Crippen LogP contribution in [-0.2, 0) is 4.79 Å². The number of carbonyl (C=O) groups is 2. The minimum absolute atomic E-state index is 0.0299. The molecule has 0 atom stereocenters. The molecular weight excluding hydrogens is 354 g/mol. The maximum Gasteiger partial charge on any atom is 0.270 e. The molecule has 28 heavy (non-hydrogen) atoms. The summed E-state index contributed by atoms with van der Waals surface area (Å²) in [5.41, 5.74) is 5.34. The number of nitrogens with zero attached hydrogens (tertiary/aromatic N) is 2. The normalized spacial score (nSPS) is 14.9. The minimum Gasteiger partial charge on any atom is -0.484 e. The molecule has 2 aromatic rings. The number of nitrogens with one attached hydrogen (secondary N) is 1. The van der Waals surface area contributed by atoms with Gasteiger partial charge in [-0.05, 0) is 63.1 Å². The topological polar surface area (TPSA) is 63.6 Å². The van der Waals surface area contributed by atoms with Crippen molar-refractivity contribution in [1.29, 1.82) is 0 Å². The molecule has 1 aliphatic rings. The van der Waals surface area contributed by atoms with Gasteiger partial charge in [-0.3, -0.25) is 19.7 Å². The van der Waals surface area contributed by atoms with E-state index in [4.69, 9.17) is 4.74 Å². The Kier molecular flexibility index (Phi) is 6.74. The Labute approximate surface area is 166 Å². The Morgan fingerprint density at radius 1 is 0.893 bits per heavy atom. The molecule has 3 rings (SSSR count). The summed E-state index contributed by atoms with van der Waals surface area (Å²) in [5, 5.41) is 0. The summed E-state index contributed by atoms with van der Waals surface area (Å²) in [4.78, 5) is 26.7. The summed E-state index contributed by atoms with van der Waals surface area (Å²) >= 11 is 0. The Balaban J connectivity index is 1.52. The average Bonchev–Trinajstić information content (AvgIpc) is 2.98. The van der Waals surface area contributed by atoms with E-state index in [-0.39, 0.29) is 18.4 Å². The first-order chi connectivity index (χ1) is 13.5. The van der Waals surface area contributed by atoms with Crippen molar-refractivity contribution in [3.63, 3.8) is 0 Å². The van der Waals surface area contributed by atoms with Crippen LogP contribution in [0.4, 0.5) is 0 Å². The second-order valence-corrected chi connectivity index (χ2v) is 7.35. The van der Waals surface area contributed by atoms with Crippen molar-refractivity contribution >= 4 is 11.8 Å². The van der Waals surface area contributed by atoms with Gasteiger partial charge in [0.05, 0.1) is 0 Å². The van der Waals surface area contributed by atoms with Crippen molar-refractivity contribution in [2.75, 3.05) is 25.1 Å². The standard InChI is InChI=1S/C22H29N3O3/c1-17-8-9-18(2)25(17)23-22(27)19-10-12-20(13-11-19)28-16-21(26)24-14-6-4-3-5-7-15-24/h8-13H,3-7,14-16H2,1-2H3,(H,23,27). The highest BCUT2D eigenvalue weighted by molar-refractivity contribution is 6.00. The van der Waals surface area contributed by atoms with E-state index >= 15 is 0 Å². The lowest BCUT2D eigenvalue weighted by atomic mass is 10.1. The zero-order valence-corrected chi connectivity index (χ0v) is 16.7. The molecule has 1 aromatic carbocycles. The fraction of sp³-hybridized carbons (Fsp3) is 0.455. The second-order valence-electron chi connectivity index (χ2n) is 7.35. The first-order valence-corrected chi connectivity index (χ1v) is 10.0. The van der Waals surface area contributed by atoms with Crippen LogP contribution in [0.3, 0.4) is 0 Å². The number of carbonyl (C=O) groups excluding carboxylic acids is 2. The van der Waals surface area contributed by atoms with E-state index in [9.17, 15) is 9.59 Å². The third-order valence-electron chi connectivity index (χ3n) is 5.17. The number of aryl methyl sites for hydroxylation is 2. The lowest BCUT2D eigenvalue weighted by Gasteiger charge is -2.24. The maximum atomic E-state index is 12.4. The number of hydrogen-bond donors (Lipinski definition) is 1. The molecule has 1 aliphatic heterocycles. The van der Waals surface area contributed by atoms with Crippen LogP contribution in [0, 0.1) is 13.8 Å². The number of likely N-dealkylation sites (tertiary alicyclic amines) is 1. The molecule has 6 nitrogen and oxygen atoms in total. The Bertz CT molecular complexity index is 783. The molecule has 0 aliphatic carbocycles. The van der Waals surface area contributed by atoms with Crippen molar-refractivity contribution in [2.24, 2.45) is 0 Å². The van der Waals surface area contributed by atoms with Gasteiger partial charge in [-0.1, -0.05) is 19.3 Å². The van der Waals surface area contributed by atoms with Crippen LogP contribution in [-0.4, -0.2) is 41.1 Å². The third-order valence-corrected chi connectivity index (χ3v) is 5.17. The van der Waals surface area contributed by atoms with Gasteiger partial charge in [0.15, 0.2) is 6.61 Å². The minimum atomic E-state index is -0.189. The number of amides is 2. The van der Waals surface area contributed by atoms with E-state index < -0.39 is 0 Å². The fourth-order valence-corrected chi connectivity index (χ4v) is 3.45. The third kappa shape index (κ3) is 5.15. The smallest absolute Gasteiger partial charge is 0.270 e. The summed E-state index contributed by atoms with van der Waals surface area (Å²) in [6.07, 6.45) is 5.78. The highest BCUT2D eigenvalue weighted by Crippen LogP contribution is 2.15. The SMILES string of the molecule is Cc1ccc(C)n1NC(=O)c1ccc(OCC(=O)N2CCCCCCC2)cc1. The van der Waals surface area contributed by atoms with Crippen LogP contribution in [0.15, 0.2) is 36.4 Å². The first kappa shape index (κ1) is 20.0. The van der Waals surface area contributed by atoms with E-state index in [1.165, 1.54) is 19.3 Å². The van der Waals surface area contributed by atoms with Crippen molar-refractivity contribution in [1.82, 2.24) is 9.58 Å². The zero-order valence-electron chi connectivity index (χ0n) is 16.7. The highest BCUT2D eigenvalue weighted by Gasteiger charge is 2.15. The van der Waals surface area contributed by atoms with Crippen LogP contribution < -0.4 is 10.2 Å².